The van der Waals surface area contributed by atoms with Crippen LogP contribution in [0, 0.1) is 11.3 Å². The summed E-state index contributed by atoms with van der Waals surface area (Å²) < 4.78 is 40.7. The molecule has 0 fully saturated rings. The Kier molecular flexibility index (Phi) is 4.29. The van der Waals surface area contributed by atoms with Gasteiger partial charge in [-0.05, 0) is 6.07 Å². The Balaban J connectivity index is 2.70. The minimum Gasteiger partial charge on any atom is -0.481 e. The SMILES string of the molecule is COc1ccc(C(C#N)NCC(F)(F)F)cn1. The monoisotopic (exact) mass is 245 g/mol. The van der Waals surface area contributed by atoms with Gasteiger partial charge in [0.15, 0.2) is 0 Å². The summed E-state index contributed by atoms with van der Waals surface area (Å²) in [5.74, 6) is 0.335. The number of hydrogen-bond donors (Lipinski definition) is 1. The second-order valence-electron chi connectivity index (χ2n) is 3.19. The Labute approximate surface area is 96.0 Å². The van der Waals surface area contributed by atoms with Crippen molar-refractivity contribution in [3.63, 3.8) is 0 Å². The first kappa shape index (κ1) is 13.3. The summed E-state index contributed by atoms with van der Waals surface area (Å²) in [5.41, 5.74) is 0.359. The highest BCUT2D eigenvalue weighted by Gasteiger charge is 2.28. The summed E-state index contributed by atoms with van der Waals surface area (Å²) in [5, 5.41) is 10.9. The van der Waals surface area contributed by atoms with Crippen LogP contribution >= 0.6 is 0 Å². The van der Waals surface area contributed by atoms with Gasteiger partial charge in [0.1, 0.15) is 6.04 Å². The van der Waals surface area contributed by atoms with Gasteiger partial charge in [-0.3, -0.25) is 5.32 Å². The van der Waals surface area contributed by atoms with Crippen molar-refractivity contribution in [1.29, 1.82) is 5.26 Å². The smallest absolute Gasteiger partial charge is 0.401 e. The molecule has 0 spiro atoms. The van der Waals surface area contributed by atoms with Crippen molar-refractivity contribution in [2.75, 3.05) is 13.7 Å². The van der Waals surface area contributed by atoms with Gasteiger partial charge in [0, 0.05) is 17.8 Å². The van der Waals surface area contributed by atoms with Crippen molar-refractivity contribution in [2.24, 2.45) is 0 Å². The van der Waals surface area contributed by atoms with Crippen molar-refractivity contribution >= 4 is 0 Å². The predicted octanol–water partition coefficient (Wildman–Crippen LogP) is 1.81. The first-order valence-electron chi connectivity index (χ1n) is 4.66. The van der Waals surface area contributed by atoms with E-state index in [1.165, 1.54) is 25.4 Å². The Morgan fingerprint density at radius 1 is 1.53 bits per heavy atom. The molecule has 0 radical (unpaired) electrons. The molecular weight excluding hydrogens is 235 g/mol. The van der Waals surface area contributed by atoms with E-state index in [4.69, 9.17) is 10.00 Å². The highest BCUT2D eigenvalue weighted by Crippen LogP contribution is 2.17. The van der Waals surface area contributed by atoms with E-state index < -0.39 is 18.8 Å². The van der Waals surface area contributed by atoms with Crippen molar-refractivity contribution < 1.29 is 17.9 Å². The molecule has 17 heavy (non-hydrogen) atoms. The standard InChI is InChI=1S/C10H10F3N3O/c1-17-9-3-2-7(5-15-9)8(4-14)16-6-10(11,12)13/h2-3,5,8,16H,6H2,1H3. The van der Waals surface area contributed by atoms with Crippen LogP contribution in [0.3, 0.4) is 0 Å². The average Bonchev–Trinajstić information content (AvgIpc) is 2.29. The van der Waals surface area contributed by atoms with Crippen LogP contribution < -0.4 is 10.1 Å². The van der Waals surface area contributed by atoms with Crippen LogP contribution in [-0.4, -0.2) is 24.8 Å². The van der Waals surface area contributed by atoms with E-state index in [0.717, 1.165) is 0 Å². The van der Waals surface area contributed by atoms with Gasteiger partial charge in [-0.2, -0.15) is 18.4 Å². The van der Waals surface area contributed by atoms with Crippen LogP contribution in [0.4, 0.5) is 13.2 Å². The molecule has 4 nitrogen and oxygen atoms in total. The highest BCUT2D eigenvalue weighted by molar-refractivity contribution is 5.24. The summed E-state index contributed by atoms with van der Waals surface area (Å²) in [6.07, 6.45) is -3.05. The van der Waals surface area contributed by atoms with Crippen LogP contribution in [0.25, 0.3) is 0 Å². The van der Waals surface area contributed by atoms with Crippen molar-refractivity contribution in [3.05, 3.63) is 23.9 Å². The summed E-state index contributed by atoms with van der Waals surface area (Å²) in [6.45, 7) is -1.22. The zero-order valence-corrected chi connectivity index (χ0v) is 8.95. The Bertz CT molecular complexity index is 397. The molecule has 0 aromatic carbocycles. The molecule has 1 rings (SSSR count). The van der Waals surface area contributed by atoms with Gasteiger partial charge < -0.3 is 4.74 Å². The fourth-order valence-corrected chi connectivity index (χ4v) is 1.14. The molecule has 0 aliphatic heterocycles. The fourth-order valence-electron chi connectivity index (χ4n) is 1.14. The van der Waals surface area contributed by atoms with Crippen LogP contribution in [0.1, 0.15) is 11.6 Å². The molecule has 1 heterocycles. The molecule has 0 aliphatic rings. The highest BCUT2D eigenvalue weighted by atomic mass is 19.4. The van der Waals surface area contributed by atoms with E-state index in [9.17, 15) is 13.2 Å². The quantitative estimate of drug-likeness (QED) is 0.878. The molecule has 0 saturated heterocycles. The largest absolute Gasteiger partial charge is 0.481 e. The van der Waals surface area contributed by atoms with Crippen LogP contribution in [-0.2, 0) is 0 Å². The van der Waals surface area contributed by atoms with E-state index in [0.29, 0.717) is 11.4 Å². The minimum atomic E-state index is -4.35. The normalized spacial score (nSPS) is 12.9. The number of hydrogen-bond acceptors (Lipinski definition) is 4. The zero-order valence-electron chi connectivity index (χ0n) is 8.95. The number of ether oxygens (including phenoxy) is 1. The summed E-state index contributed by atoms with van der Waals surface area (Å²) >= 11 is 0. The third-order valence-electron chi connectivity index (χ3n) is 1.94. The number of alkyl halides is 3. The lowest BCUT2D eigenvalue weighted by Gasteiger charge is -2.13. The molecule has 1 aromatic heterocycles. The van der Waals surface area contributed by atoms with E-state index >= 15 is 0 Å². The maximum atomic E-state index is 12.0. The van der Waals surface area contributed by atoms with E-state index in [-0.39, 0.29) is 0 Å². The molecule has 7 heteroatoms. The molecule has 92 valence electrons. The van der Waals surface area contributed by atoms with E-state index in [1.807, 2.05) is 0 Å². The molecular formula is C10H10F3N3O. The second kappa shape index (κ2) is 5.50. The van der Waals surface area contributed by atoms with E-state index in [2.05, 4.69) is 10.3 Å². The molecule has 1 N–H and O–H groups in total. The second-order valence-corrected chi connectivity index (χ2v) is 3.19. The third-order valence-corrected chi connectivity index (χ3v) is 1.94. The maximum absolute atomic E-state index is 12.0. The van der Waals surface area contributed by atoms with Gasteiger partial charge in [0.2, 0.25) is 5.88 Å². The number of rotatable bonds is 4. The Morgan fingerprint density at radius 3 is 2.65 bits per heavy atom. The van der Waals surface area contributed by atoms with Gasteiger partial charge in [-0.15, -0.1) is 0 Å². The number of aromatic nitrogens is 1. The van der Waals surface area contributed by atoms with Gasteiger partial charge in [-0.25, -0.2) is 4.98 Å². The Hall–Kier alpha value is -1.81. The van der Waals surface area contributed by atoms with Gasteiger partial charge in [0.05, 0.1) is 19.7 Å². The number of pyridine rings is 1. The van der Waals surface area contributed by atoms with Crippen molar-refractivity contribution in [3.8, 4) is 11.9 Å². The van der Waals surface area contributed by atoms with Crippen LogP contribution in [0.2, 0.25) is 0 Å². The van der Waals surface area contributed by atoms with Crippen molar-refractivity contribution in [2.45, 2.75) is 12.2 Å². The zero-order chi connectivity index (χ0) is 12.9. The molecule has 0 amide bonds. The maximum Gasteiger partial charge on any atom is 0.401 e. The minimum absolute atomic E-state index is 0.335. The van der Waals surface area contributed by atoms with Crippen molar-refractivity contribution in [1.82, 2.24) is 10.3 Å². The summed E-state index contributed by atoms with van der Waals surface area (Å²) in [6, 6.07) is 3.66. The number of nitrogens with one attached hydrogen (secondary N) is 1. The number of nitrogens with zero attached hydrogens (tertiary/aromatic N) is 2. The topological polar surface area (TPSA) is 57.9 Å². The lowest BCUT2D eigenvalue weighted by molar-refractivity contribution is -0.125. The number of halogens is 3. The number of methoxy groups -OCH3 is 1. The van der Waals surface area contributed by atoms with Crippen LogP contribution in [0.5, 0.6) is 5.88 Å². The Morgan fingerprint density at radius 2 is 2.24 bits per heavy atom. The summed E-state index contributed by atoms with van der Waals surface area (Å²) in [7, 11) is 1.42. The predicted molar refractivity (Wildman–Crippen MR) is 53.2 cm³/mol. The third kappa shape index (κ3) is 4.28. The molecule has 0 aliphatic carbocycles. The molecule has 0 bridgehead atoms. The fraction of sp³-hybridized carbons (Fsp3) is 0.400. The first-order valence-corrected chi connectivity index (χ1v) is 4.66. The van der Waals surface area contributed by atoms with E-state index in [1.54, 1.807) is 6.07 Å². The van der Waals surface area contributed by atoms with Gasteiger partial charge in [-0.1, -0.05) is 0 Å². The molecule has 1 atom stereocenters. The summed E-state index contributed by atoms with van der Waals surface area (Å²) in [4.78, 5) is 3.82. The molecule has 1 unspecified atom stereocenters. The molecule has 0 saturated carbocycles. The lowest BCUT2D eigenvalue weighted by atomic mass is 10.1. The molecule has 1 aromatic rings. The first-order chi connectivity index (χ1) is 7.96. The number of nitriles is 1. The van der Waals surface area contributed by atoms with Gasteiger partial charge >= 0.3 is 6.18 Å². The average molecular weight is 245 g/mol. The van der Waals surface area contributed by atoms with Crippen LogP contribution in [0.15, 0.2) is 18.3 Å². The lowest BCUT2D eigenvalue weighted by Crippen LogP contribution is -2.31. The van der Waals surface area contributed by atoms with Gasteiger partial charge in [0.25, 0.3) is 0 Å².